The van der Waals surface area contributed by atoms with Crippen LogP contribution in [-0.4, -0.2) is 45.1 Å². The summed E-state index contributed by atoms with van der Waals surface area (Å²) < 4.78 is 47.9. The number of hydrogen-bond donors (Lipinski definition) is 0. The molecule has 4 rings (SSSR count). The molecule has 0 amide bonds. The van der Waals surface area contributed by atoms with Crippen molar-refractivity contribution in [3.8, 4) is 0 Å². The molecule has 0 aliphatic rings. The molecule has 40 heavy (non-hydrogen) atoms. The average molecular weight is 577 g/mol. The van der Waals surface area contributed by atoms with Gasteiger partial charge in [-0.05, 0) is 72.5 Å². The van der Waals surface area contributed by atoms with Crippen LogP contribution in [0, 0.1) is 13.8 Å². The van der Waals surface area contributed by atoms with Gasteiger partial charge in [-0.1, -0.05) is 36.4 Å². The molecule has 0 aliphatic carbocycles. The van der Waals surface area contributed by atoms with E-state index in [4.69, 9.17) is 0 Å². The molecule has 0 spiro atoms. The predicted molar refractivity (Wildman–Crippen MR) is 155 cm³/mol. The van der Waals surface area contributed by atoms with Gasteiger partial charge in [-0.3, -0.25) is 14.8 Å². The maximum atomic E-state index is 13.7. The minimum absolute atomic E-state index is 0.00414. The summed E-state index contributed by atoms with van der Waals surface area (Å²) in [6, 6.07) is 20.9. The van der Waals surface area contributed by atoms with Crippen LogP contribution >= 0.6 is 0 Å². The van der Waals surface area contributed by atoms with E-state index in [1.165, 1.54) is 0 Å². The molecule has 208 valence electrons. The molecular formula is C31H32N2O5S2. The number of hydrogen-bond acceptors (Lipinski definition) is 7. The second-order valence-corrected chi connectivity index (χ2v) is 14.2. The Balaban J connectivity index is 1.67. The molecule has 9 heteroatoms. The van der Waals surface area contributed by atoms with E-state index in [9.17, 15) is 21.6 Å². The lowest BCUT2D eigenvalue weighted by molar-refractivity contribution is -0.119. The van der Waals surface area contributed by atoms with Gasteiger partial charge in [0.05, 0.1) is 9.79 Å². The molecule has 0 radical (unpaired) electrons. The van der Waals surface area contributed by atoms with Gasteiger partial charge in [0.25, 0.3) is 0 Å². The third kappa shape index (κ3) is 7.28. The Morgan fingerprint density at radius 3 is 1.18 bits per heavy atom. The third-order valence-corrected chi connectivity index (χ3v) is 9.21. The van der Waals surface area contributed by atoms with Crippen LogP contribution in [0.3, 0.4) is 0 Å². The summed E-state index contributed by atoms with van der Waals surface area (Å²) in [5, 5.41) is 0. The average Bonchev–Trinajstić information content (AvgIpc) is 2.91. The second-order valence-electron chi connectivity index (χ2n) is 10.2. The summed E-state index contributed by atoms with van der Waals surface area (Å²) in [6.45, 7) is 3.78. The molecule has 0 saturated carbocycles. The number of aryl methyl sites for hydroxylation is 2. The highest BCUT2D eigenvalue weighted by atomic mass is 32.2. The van der Waals surface area contributed by atoms with Crippen molar-refractivity contribution in [2.75, 3.05) is 12.5 Å². The molecule has 2 unspecified atom stereocenters. The molecule has 0 fully saturated rings. The largest absolute Gasteiger partial charge is 0.300 e. The lowest BCUT2D eigenvalue weighted by atomic mass is 9.83. The summed E-state index contributed by atoms with van der Waals surface area (Å²) >= 11 is 0. The Morgan fingerprint density at radius 2 is 0.900 bits per heavy atom. The van der Waals surface area contributed by atoms with E-state index in [0.29, 0.717) is 0 Å². The first-order chi connectivity index (χ1) is 18.8. The van der Waals surface area contributed by atoms with E-state index in [2.05, 4.69) is 9.97 Å². The molecule has 2 aromatic carbocycles. The van der Waals surface area contributed by atoms with Crippen LogP contribution in [0.25, 0.3) is 0 Å². The Hall–Kier alpha value is -3.69. The summed E-state index contributed by atoms with van der Waals surface area (Å²) in [4.78, 5) is 23.0. The topological polar surface area (TPSA) is 111 Å². The predicted octanol–water partition coefficient (Wildman–Crippen LogP) is 5.21. The Kier molecular flexibility index (Phi) is 8.65. The van der Waals surface area contributed by atoms with Gasteiger partial charge < -0.3 is 0 Å². The quantitative estimate of drug-likeness (QED) is 0.255. The highest BCUT2D eigenvalue weighted by Crippen LogP contribution is 2.34. The number of aromatic nitrogens is 2. The van der Waals surface area contributed by atoms with Gasteiger partial charge in [0.1, 0.15) is 5.78 Å². The second kappa shape index (κ2) is 11.8. The summed E-state index contributed by atoms with van der Waals surface area (Å²) in [7, 11) is -6.71. The number of sulfone groups is 2. The molecule has 2 heterocycles. The van der Waals surface area contributed by atoms with Gasteiger partial charge in [0, 0.05) is 61.0 Å². The van der Waals surface area contributed by atoms with E-state index < -0.39 is 19.7 Å². The van der Waals surface area contributed by atoms with Crippen molar-refractivity contribution in [1.82, 2.24) is 9.97 Å². The lowest BCUT2D eigenvalue weighted by Gasteiger charge is -2.21. The SMILES string of the molecule is Cc1ccc(C(CC(=O)CC(c2ccc(S(C)(=O)=O)cc2)c2ccc(C)nc2)c2ccc(S(C)(=O)=O)cc2)cn1. The highest BCUT2D eigenvalue weighted by molar-refractivity contribution is 7.91. The van der Waals surface area contributed by atoms with Crippen molar-refractivity contribution in [1.29, 1.82) is 0 Å². The highest BCUT2D eigenvalue weighted by Gasteiger charge is 2.24. The number of pyridine rings is 2. The molecule has 4 aromatic rings. The summed E-state index contributed by atoms with van der Waals surface area (Å²) in [5.41, 5.74) is 5.06. The lowest BCUT2D eigenvalue weighted by Crippen LogP contribution is -2.14. The first kappa shape index (κ1) is 29.3. The fourth-order valence-corrected chi connectivity index (χ4v) is 5.92. The number of carbonyl (C=O) groups excluding carboxylic acids is 1. The number of ketones is 1. The van der Waals surface area contributed by atoms with Crippen molar-refractivity contribution in [2.45, 2.75) is 48.3 Å². The van der Waals surface area contributed by atoms with E-state index >= 15 is 0 Å². The maximum absolute atomic E-state index is 13.7. The Morgan fingerprint density at radius 1 is 0.575 bits per heavy atom. The normalized spacial score (nSPS) is 13.5. The first-order valence-corrected chi connectivity index (χ1v) is 16.6. The van der Waals surface area contributed by atoms with Crippen LogP contribution in [0.15, 0.2) is 95.0 Å². The standard InChI is InChI=1S/C31H32N2O5S2/c1-21-5-7-25(19-32-21)30(23-9-13-28(14-10-23)39(3,35)36)17-27(34)18-31(26-8-6-22(2)33-20-26)24-11-15-29(16-12-24)40(4,37)38/h5-16,19-20,30-31H,17-18H2,1-4H3. The van der Waals surface area contributed by atoms with Crippen LogP contribution in [0.4, 0.5) is 0 Å². The van der Waals surface area contributed by atoms with Gasteiger partial charge in [-0.15, -0.1) is 0 Å². The Labute approximate surface area is 236 Å². The minimum atomic E-state index is -3.35. The van der Waals surface area contributed by atoms with E-state index in [-0.39, 0.29) is 40.3 Å². The summed E-state index contributed by atoms with van der Waals surface area (Å²) in [5.74, 6) is -0.646. The zero-order valence-electron chi connectivity index (χ0n) is 22.9. The molecule has 2 atom stereocenters. The van der Waals surface area contributed by atoms with Gasteiger partial charge in [0.2, 0.25) is 0 Å². The van der Waals surface area contributed by atoms with Gasteiger partial charge >= 0.3 is 0 Å². The molecule has 0 bridgehead atoms. The molecule has 7 nitrogen and oxygen atoms in total. The number of Topliss-reactive ketones (excluding diaryl/α,β-unsaturated/α-hetero) is 1. The van der Waals surface area contributed by atoms with Gasteiger partial charge in [-0.2, -0.15) is 0 Å². The first-order valence-electron chi connectivity index (χ1n) is 12.8. The number of rotatable bonds is 10. The number of nitrogens with zero attached hydrogens (tertiary/aromatic N) is 2. The molecule has 0 aliphatic heterocycles. The maximum Gasteiger partial charge on any atom is 0.175 e. The summed E-state index contributed by atoms with van der Waals surface area (Å²) in [6.07, 6.45) is 6.19. The smallest absolute Gasteiger partial charge is 0.175 e. The van der Waals surface area contributed by atoms with E-state index in [0.717, 1.165) is 46.2 Å². The van der Waals surface area contributed by atoms with Crippen LogP contribution < -0.4 is 0 Å². The fourth-order valence-electron chi connectivity index (χ4n) is 4.66. The van der Waals surface area contributed by atoms with E-state index in [1.807, 2.05) is 38.1 Å². The van der Waals surface area contributed by atoms with Crippen molar-refractivity contribution in [3.05, 3.63) is 119 Å². The van der Waals surface area contributed by atoms with E-state index in [1.54, 1.807) is 60.9 Å². The number of carbonyl (C=O) groups is 1. The zero-order valence-corrected chi connectivity index (χ0v) is 24.5. The van der Waals surface area contributed by atoms with Crippen molar-refractivity contribution in [2.24, 2.45) is 0 Å². The van der Waals surface area contributed by atoms with Gasteiger partial charge in [-0.25, -0.2) is 16.8 Å². The molecular weight excluding hydrogens is 544 g/mol. The van der Waals surface area contributed by atoms with Crippen molar-refractivity contribution < 1.29 is 21.6 Å². The molecule has 0 N–H and O–H groups in total. The monoisotopic (exact) mass is 576 g/mol. The van der Waals surface area contributed by atoms with Crippen LogP contribution in [0.1, 0.15) is 58.3 Å². The molecule has 2 aromatic heterocycles. The van der Waals surface area contributed by atoms with Crippen molar-refractivity contribution in [3.63, 3.8) is 0 Å². The zero-order chi connectivity index (χ0) is 29.1. The van der Waals surface area contributed by atoms with Crippen LogP contribution in [-0.2, 0) is 24.5 Å². The number of benzene rings is 2. The Bertz CT molecular complexity index is 1570. The van der Waals surface area contributed by atoms with Crippen LogP contribution in [0.2, 0.25) is 0 Å². The fraction of sp³-hybridized carbons (Fsp3) is 0.258. The van der Waals surface area contributed by atoms with Crippen LogP contribution in [0.5, 0.6) is 0 Å². The minimum Gasteiger partial charge on any atom is -0.300 e. The van der Waals surface area contributed by atoms with Crippen molar-refractivity contribution >= 4 is 25.5 Å². The van der Waals surface area contributed by atoms with Gasteiger partial charge in [0.15, 0.2) is 19.7 Å². The molecule has 0 saturated heterocycles. The third-order valence-electron chi connectivity index (χ3n) is 6.96.